The van der Waals surface area contributed by atoms with Crippen molar-refractivity contribution in [3.63, 3.8) is 0 Å². The van der Waals surface area contributed by atoms with Crippen molar-refractivity contribution in [2.24, 2.45) is 0 Å². The highest BCUT2D eigenvalue weighted by molar-refractivity contribution is 7.92. The van der Waals surface area contributed by atoms with Crippen LogP contribution < -0.4 is 14.4 Å². The van der Waals surface area contributed by atoms with Crippen molar-refractivity contribution in [1.82, 2.24) is 10.2 Å². The Morgan fingerprint density at radius 1 is 0.909 bits per heavy atom. The zero-order chi connectivity index (χ0) is 31.9. The first-order valence-corrected chi connectivity index (χ1v) is 16.0. The van der Waals surface area contributed by atoms with E-state index in [0.29, 0.717) is 21.4 Å². The number of nitrogens with one attached hydrogen (secondary N) is 1. The number of rotatable bonds is 12. The summed E-state index contributed by atoms with van der Waals surface area (Å²) in [6.07, 6.45) is 0.182. The lowest BCUT2D eigenvalue weighted by Crippen LogP contribution is -2.53. The molecule has 1 atom stereocenters. The smallest absolute Gasteiger partial charge is 0.264 e. The standard InChI is InChI=1S/C33H33Cl2N3O5S/c1-23-12-16-29(17-13-23)44(41,42)38(27-10-7-11-28(20-27)43-3)22-32(39)37(21-25-14-15-26(34)19-30(25)35)31(33(40)36-2)18-24-8-5-4-6-9-24/h4-17,19-20,31H,18,21-22H2,1-3H3,(H,36,40)/t31-/m1/s1. The van der Waals surface area contributed by atoms with Gasteiger partial charge >= 0.3 is 0 Å². The molecule has 0 aromatic heterocycles. The van der Waals surface area contributed by atoms with Crippen molar-refractivity contribution in [1.29, 1.82) is 0 Å². The Labute approximate surface area is 268 Å². The molecular formula is C33H33Cl2N3O5S. The van der Waals surface area contributed by atoms with Crippen molar-refractivity contribution in [3.8, 4) is 5.75 Å². The minimum atomic E-state index is -4.24. The van der Waals surface area contributed by atoms with E-state index in [1.54, 1.807) is 54.6 Å². The summed E-state index contributed by atoms with van der Waals surface area (Å²) in [4.78, 5) is 29.1. The van der Waals surface area contributed by atoms with Crippen molar-refractivity contribution >= 4 is 50.7 Å². The van der Waals surface area contributed by atoms with Crippen LogP contribution in [0, 0.1) is 6.92 Å². The highest BCUT2D eigenvalue weighted by Gasteiger charge is 2.34. The molecule has 0 fully saturated rings. The molecular weight excluding hydrogens is 621 g/mol. The second-order valence-corrected chi connectivity index (χ2v) is 12.8. The number of anilines is 1. The van der Waals surface area contributed by atoms with Gasteiger partial charge in [-0.2, -0.15) is 0 Å². The number of aryl methyl sites for hydroxylation is 1. The highest BCUT2D eigenvalue weighted by atomic mass is 35.5. The number of benzene rings is 4. The van der Waals surface area contributed by atoms with Gasteiger partial charge < -0.3 is 15.0 Å². The fraction of sp³-hybridized carbons (Fsp3) is 0.212. The molecule has 0 heterocycles. The van der Waals surface area contributed by atoms with Gasteiger partial charge in [0.05, 0.1) is 17.7 Å². The number of halogens is 2. The Hall–Kier alpha value is -4.05. The van der Waals surface area contributed by atoms with Crippen molar-refractivity contribution in [2.45, 2.75) is 30.8 Å². The zero-order valence-corrected chi connectivity index (χ0v) is 26.9. The normalized spacial score (nSPS) is 11.8. The maximum Gasteiger partial charge on any atom is 0.264 e. The summed E-state index contributed by atoms with van der Waals surface area (Å²) >= 11 is 12.6. The number of carbonyl (C=O) groups is 2. The summed E-state index contributed by atoms with van der Waals surface area (Å²) in [6.45, 7) is 1.18. The van der Waals surface area contributed by atoms with E-state index in [-0.39, 0.29) is 23.5 Å². The summed E-state index contributed by atoms with van der Waals surface area (Å²) in [7, 11) is -1.28. The van der Waals surface area contributed by atoms with Gasteiger partial charge in [-0.15, -0.1) is 0 Å². The van der Waals surface area contributed by atoms with Crippen molar-refractivity contribution in [3.05, 3.63) is 124 Å². The van der Waals surface area contributed by atoms with Gasteiger partial charge in [0.15, 0.2) is 0 Å². The molecule has 4 rings (SSSR count). The molecule has 0 radical (unpaired) electrons. The minimum Gasteiger partial charge on any atom is -0.497 e. The minimum absolute atomic E-state index is 0.0122. The van der Waals surface area contributed by atoms with Crippen LogP contribution in [0.15, 0.2) is 102 Å². The first-order chi connectivity index (χ1) is 21.0. The van der Waals surface area contributed by atoms with E-state index in [9.17, 15) is 18.0 Å². The quantitative estimate of drug-likeness (QED) is 0.206. The molecule has 0 saturated carbocycles. The summed E-state index contributed by atoms with van der Waals surface area (Å²) in [6, 6.07) is 26.0. The summed E-state index contributed by atoms with van der Waals surface area (Å²) in [5.74, 6) is -0.614. The first-order valence-electron chi connectivity index (χ1n) is 13.8. The molecule has 0 unspecified atom stereocenters. The van der Waals surface area contributed by atoms with Gasteiger partial charge in [-0.05, 0) is 54.4 Å². The number of carbonyl (C=O) groups excluding carboxylic acids is 2. The van der Waals surface area contributed by atoms with Gasteiger partial charge in [-0.1, -0.05) is 83.4 Å². The van der Waals surface area contributed by atoms with Crippen LogP contribution >= 0.6 is 23.2 Å². The van der Waals surface area contributed by atoms with Gasteiger partial charge in [-0.25, -0.2) is 8.42 Å². The van der Waals surface area contributed by atoms with Crippen molar-refractivity contribution in [2.75, 3.05) is 25.0 Å². The van der Waals surface area contributed by atoms with Crippen LogP contribution in [0.2, 0.25) is 10.0 Å². The van der Waals surface area contributed by atoms with Gasteiger partial charge in [0, 0.05) is 36.1 Å². The molecule has 2 amide bonds. The average molecular weight is 655 g/mol. The summed E-state index contributed by atoms with van der Waals surface area (Å²) < 4.78 is 34.6. The number of sulfonamides is 1. The molecule has 4 aromatic rings. The van der Waals surface area contributed by atoms with Crippen LogP contribution in [0.1, 0.15) is 16.7 Å². The van der Waals surface area contributed by atoms with E-state index in [0.717, 1.165) is 15.4 Å². The third-order valence-corrected chi connectivity index (χ3v) is 9.48. The molecule has 0 aliphatic heterocycles. The van der Waals surface area contributed by atoms with Crippen molar-refractivity contribution < 1.29 is 22.7 Å². The first kappa shape index (κ1) is 32.9. The Kier molecular flexibility index (Phi) is 10.9. The lowest BCUT2D eigenvalue weighted by molar-refractivity contribution is -0.139. The molecule has 230 valence electrons. The maximum atomic E-state index is 14.4. The number of nitrogens with zero attached hydrogens (tertiary/aromatic N) is 2. The molecule has 0 aliphatic rings. The zero-order valence-electron chi connectivity index (χ0n) is 24.5. The highest BCUT2D eigenvalue weighted by Crippen LogP contribution is 2.29. The maximum absolute atomic E-state index is 14.4. The monoisotopic (exact) mass is 653 g/mol. The second kappa shape index (κ2) is 14.6. The molecule has 0 spiro atoms. The van der Waals surface area contributed by atoms with Gasteiger partial charge in [0.25, 0.3) is 10.0 Å². The van der Waals surface area contributed by atoms with E-state index < -0.39 is 34.4 Å². The Morgan fingerprint density at radius 3 is 2.25 bits per heavy atom. The number of likely N-dealkylation sites (N-methyl/N-ethyl adjacent to an activating group) is 1. The topological polar surface area (TPSA) is 96.0 Å². The third-order valence-electron chi connectivity index (χ3n) is 7.10. The number of ether oxygens (including phenoxy) is 1. The molecule has 1 N–H and O–H groups in total. The second-order valence-electron chi connectivity index (χ2n) is 10.1. The molecule has 4 aromatic carbocycles. The number of hydrogen-bond donors (Lipinski definition) is 1. The molecule has 0 aliphatic carbocycles. The molecule has 44 heavy (non-hydrogen) atoms. The molecule has 0 saturated heterocycles. The summed E-state index contributed by atoms with van der Waals surface area (Å²) in [5.41, 5.74) is 2.47. The number of methoxy groups -OCH3 is 1. The molecule has 8 nitrogen and oxygen atoms in total. The van der Waals surface area contributed by atoms with Crippen LogP contribution in [0.25, 0.3) is 0 Å². The fourth-order valence-electron chi connectivity index (χ4n) is 4.69. The lowest BCUT2D eigenvalue weighted by atomic mass is 10.0. The SMILES string of the molecule is CNC(=O)[C@@H](Cc1ccccc1)N(Cc1ccc(Cl)cc1Cl)C(=O)CN(c1cccc(OC)c1)S(=O)(=O)c1ccc(C)cc1. The van der Waals surface area contributed by atoms with Gasteiger partial charge in [-0.3, -0.25) is 13.9 Å². The van der Waals surface area contributed by atoms with Crippen LogP contribution in [-0.4, -0.2) is 51.9 Å². The fourth-order valence-corrected chi connectivity index (χ4v) is 6.56. The van der Waals surface area contributed by atoms with Crippen LogP contribution in [0.5, 0.6) is 5.75 Å². The number of hydrogen-bond acceptors (Lipinski definition) is 5. The Morgan fingerprint density at radius 2 is 1.61 bits per heavy atom. The van der Waals surface area contributed by atoms with Crippen LogP contribution in [0.4, 0.5) is 5.69 Å². The molecule has 0 bridgehead atoms. The Balaban J connectivity index is 1.82. The predicted molar refractivity (Wildman–Crippen MR) is 174 cm³/mol. The predicted octanol–water partition coefficient (Wildman–Crippen LogP) is 5.89. The van der Waals surface area contributed by atoms with E-state index >= 15 is 0 Å². The lowest BCUT2D eigenvalue weighted by Gasteiger charge is -2.33. The third kappa shape index (κ3) is 7.91. The Bertz CT molecular complexity index is 1720. The average Bonchev–Trinajstić information content (AvgIpc) is 3.02. The van der Waals surface area contributed by atoms with E-state index in [1.165, 1.54) is 31.2 Å². The molecule has 11 heteroatoms. The number of amides is 2. The van der Waals surface area contributed by atoms with Gasteiger partial charge in [0.2, 0.25) is 11.8 Å². The van der Waals surface area contributed by atoms with Crippen LogP contribution in [0.3, 0.4) is 0 Å². The largest absolute Gasteiger partial charge is 0.497 e. The van der Waals surface area contributed by atoms with E-state index in [2.05, 4.69) is 5.32 Å². The van der Waals surface area contributed by atoms with E-state index in [4.69, 9.17) is 27.9 Å². The van der Waals surface area contributed by atoms with Crippen LogP contribution in [-0.2, 0) is 32.6 Å². The van der Waals surface area contributed by atoms with E-state index in [1.807, 2.05) is 37.3 Å². The summed E-state index contributed by atoms with van der Waals surface area (Å²) in [5, 5.41) is 3.38. The van der Waals surface area contributed by atoms with Gasteiger partial charge in [0.1, 0.15) is 18.3 Å².